The number of carbonyl (C=O) groups is 2. The van der Waals surface area contributed by atoms with E-state index in [9.17, 15) is 13.8 Å². The zero-order chi connectivity index (χ0) is 18.4. The molecule has 9 heteroatoms. The molecule has 1 aromatic heterocycles. The number of benzene rings is 1. The fraction of sp³-hybridized carbons (Fsp3) is 0.375. The van der Waals surface area contributed by atoms with Gasteiger partial charge in [-0.2, -0.15) is 0 Å². The Kier molecular flexibility index (Phi) is 6.77. The highest BCUT2D eigenvalue weighted by molar-refractivity contribution is 7.86. The first kappa shape index (κ1) is 19.2. The number of amides is 2. The molecule has 0 unspecified atom stereocenters. The molecule has 2 amide bonds. The molecule has 0 saturated carbocycles. The van der Waals surface area contributed by atoms with Gasteiger partial charge in [0.25, 0.3) is 0 Å². The van der Waals surface area contributed by atoms with Crippen molar-refractivity contribution in [1.29, 1.82) is 0 Å². The standard InChI is InChI=1S/C16H20N4O3S2/c1-4-14-19-20-16(24-14)18-13(22)9-25(23)8-12(21)17-15-10(2)6-5-7-11(15)3/h5-7H,4,8-9H2,1-3H3,(H,17,21)(H,18,20,22)/t25-/m1/s1. The lowest BCUT2D eigenvalue weighted by atomic mass is 10.1. The molecule has 1 atom stereocenters. The van der Waals surface area contributed by atoms with Crippen LogP contribution in [0.1, 0.15) is 23.1 Å². The van der Waals surface area contributed by atoms with Gasteiger partial charge in [-0.05, 0) is 31.4 Å². The molecule has 7 nitrogen and oxygen atoms in total. The van der Waals surface area contributed by atoms with Crippen LogP contribution in [0.25, 0.3) is 0 Å². The van der Waals surface area contributed by atoms with Crippen molar-refractivity contribution >= 4 is 44.8 Å². The van der Waals surface area contributed by atoms with Crippen LogP contribution in [0.2, 0.25) is 0 Å². The Balaban J connectivity index is 1.84. The summed E-state index contributed by atoms with van der Waals surface area (Å²) in [7, 11) is -1.60. The average Bonchev–Trinajstić information content (AvgIpc) is 2.98. The summed E-state index contributed by atoms with van der Waals surface area (Å²) in [6, 6.07) is 5.68. The minimum atomic E-state index is -1.60. The van der Waals surface area contributed by atoms with Gasteiger partial charge in [0.1, 0.15) is 16.5 Å². The van der Waals surface area contributed by atoms with Crippen LogP contribution < -0.4 is 10.6 Å². The normalized spacial score (nSPS) is 11.8. The van der Waals surface area contributed by atoms with Crippen molar-refractivity contribution in [1.82, 2.24) is 10.2 Å². The molecule has 0 saturated heterocycles. The molecule has 0 bridgehead atoms. The van der Waals surface area contributed by atoms with Crippen LogP contribution in [0.3, 0.4) is 0 Å². The summed E-state index contributed by atoms with van der Waals surface area (Å²) in [6.07, 6.45) is 0.734. The van der Waals surface area contributed by atoms with Crippen LogP contribution in [0, 0.1) is 13.8 Å². The topological polar surface area (TPSA) is 101 Å². The second-order valence-electron chi connectivity index (χ2n) is 5.45. The third-order valence-electron chi connectivity index (χ3n) is 3.35. The second-order valence-corrected chi connectivity index (χ2v) is 7.97. The fourth-order valence-corrected chi connectivity index (χ4v) is 3.66. The van der Waals surface area contributed by atoms with Crippen LogP contribution in [-0.4, -0.2) is 37.7 Å². The first-order chi connectivity index (χ1) is 11.9. The number of anilines is 2. The molecule has 2 N–H and O–H groups in total. The molecule has 1 aromatic carbocycles. The van der Waals surface area contributed by atoms with Gasteiger partial charge in [-0.3, -0.25) is 19.1 Å². The minimum absolute atomic E-state index is 0.239. The van der Waals surface area contributed by atoms with E-state index in [1.165, 1.54) is 11.3 Å². The predicted octanol–water partition coefficient (Wildman–Crippen LogP) is 2.04. The van der Waals surface area contributed by atoms with E-state index in [1.54, 1.807) is 0 Å². The molecule has 1 heterocycles. The third kappa shape index (κ3) is 5.71. The van der Waals surface area contributed by atoms with Crippen molar-refractivity contribution in [2.75, 3.05) is 22.1 Å². The second kappa shape index (κ2) is 8.82. The summed E-state index contributed by atoms with van der Waals surface area (Å²) in [5.74, 6) is -1.33. The molecular formula is C16H20N4O3S2. The third-order valence-corrected chi connectivity index (χ3v) is 5.50. The summed E-state index contributed by atoms with van der Waals surface area (Å²) in [6.45, 7) is 5.72. The molecule has 0 radical (unpaired) electrons. The molecule has 0 aliphatic carbocycles. The van der Waals surface area contributed by atoms with Gasteiger partial charge in [0.15, 0.2) is 0 Å². The molecule has 134 valence electrons. The number of rotatable bonds is 7. The average molecular weight is 380 g/mol. The zero-order valence-electron chi connectivity index (χ0n) is 14.3. The minimum Gasteiger partial charge on any atom is -0.325 e. The van der Waals surface area contributed by atoms with Crippen LogP contribution in [-0.2, 0) is 26.8 Å². The van der Waals surface area contributed by atoms with Crippen molar-refractivity contribution in [2.24, 2.45) is 0 Å². The number of hydrogen-bond acceptors (Lipinski definition) is 6. The van der Waals surface area contributed by atoms with Gasteiger partial charge in [-0.25, -0.2) is 0 Å². The lowest BCUT2D eigenvalue weighted by molar-refractivity contribution is -0.114. The fourth-order valence-electron chi connectivity index (χ4n) is 2.13. The molecule has 25 heavy (non-hydrogen) atoms. The number of nitrogens with one attached hydrogen (secondary N) is 2. The van der Waals surface area contributed by atoms with Crippen LogP contribution in [0.5, 0.6) is 0 Å². The molecule has 2 rings (SSSR count). The van der Waals surface area contributed by atoms with E-state index in [4.69, 9.17) is 0 Å². The Hall–Kier alpha value is -2.13. The summed E-state index contributed by atoms with van der Waals surface area (Å²) >= 11 is 1.27. The molecule has 0 fully saturated rings. The van der Waals surface area contributed by atoms with Gasteiger partial charge in [0, 0.05) is 16.5 Å². The Morgan fingerprint density at radius 1 is 1.08 bits per heavy atom. The maximum atomic E-state index is 12.1. The van der Waals surface area contributed by atoms with E-state index in [-0.39, 0.29) is 17.4 Å². The quantitative estimate of drug-likeness (QED) is 0.765. The van der Waals surface area contributed by atoms with Gasteiger partial charge >= 0.3 is 0 Å². The first-order valence-corrected chi connectivity index (χ1v) is 10.0. The van der Waals surface area contributed by atoms with Crippen LogP contribution >= 0.6 is 11.3 Å². The number of nitrogens with zero attached hydrogens (tertiary/aromatic N) is 2. The maximum Gasteiger partial charge on any atom is 0.238 e. The van der Waals surface area contributed by atoms with E-state index in [0.29, 0.717) is 5.13 Å². The Morgan fingerprint density at radius 3 is 2.24 bits per heavy atom. The van der Waals surface area contributed by atoms with Crippen molar-refractivity contribution < 1.29 is 13.8 Å². The lowest BCUT2D eigenvalue weighted by Gasteiger charge is -2.11. The van der Waals surface area contributed by atoms with E-state index < -0.39 is 16.7 Å². The van der Waals surface area contributed by atoms with Gasteiger partial charge in [0.05, 0.1) is 0 Å². The van der Waals surface area contributed by atoms with Gasteiger partial charge < -0.3 is 5.32 Å². The highest BCUT2D eigenvalue weighted by Crippen LogP contribution is 2.19. The number of aryl methyl sites for hydroxylation is 3. The van der Waals surface area contributed by atoms with Crippen LogP contribution in [0.4, 0.5) is 10.8 Å². The van der Waals surface area contributed by atoms with Crippen molar-refractivity contribution in [3.05, 3.63) is 34.3 Å². The molecule has 0 aliphatic heterocycles. The van der Waals surface area contributed by atoms with Gasteiger partial charge in [0.2, 0.25) is 16.9 Å². The van der Waals surface area contributed by atoms with Crippen molar-refractivity contribution in [3.63, 3.8) is 0 Å². The van der Waals surface area contributed by atoms with Crippen molar-refractivity contribution in [3.8, 4) is 0 Å². The van der Waals surface area contributed by atoms with E-state index in [0.717, 1.165) is 28.2 Å². The first-order valence-electron chi connectivity index (χ1n) is 7.72. The van der Waals surface area contributed by atoms with Gasteiger partial charge in [-0.15, -0.1) is 10.2 Å². The monoisotopic (exact) mass is 380 g/mol. The Morgan fingerprint density at radius 2 is 1.68 bits per heavy atom. The van der Waals surface area contributed by atoms with Crippen LogP contribution in [0.15, 0.2) is 18.2 Å². The maximum absolute atomic E-state index is 12.1. The number of para-hydroxylation sites is 1. The van der Waals surface area contributed by atoms with Gasteiger partial charge in [-0.1, -0.05) is 36.5 Å². The molecule has 0 spiro atoms. The van der Waals surface area contributed by atoms with E-state index in [2.05, 4.69) is 20.8 Å². The molecule has 2 aromatic rings. The molecular weight excluding hydrogens is 360 g/mol. The SMILES string of the molecule is CCc1nnc(NC(=O)C[S@](=O)CC(=O)Nc2c(C)cccc2C)s1. The van der Waals surface area contributed by atoms with E-state index in [1.807, 2.05) is 39.0 Å². The Bertz CT molecular complexity index is 784. The smallest absolute Gasteiger partial charge is 0.238 e. The largest absolute Gasteiger partial charge is 0.325 e. The van der Waals surface area contributed by atoms with E-state index >= 15 is 0 Å². The predicted molar refractivity (Wildman–Crippen MR) is 100 cm³/mol. The summed E-state index contributed by atoms with van der Waals surface area (Å²) in [5.41, 5.74) is 2.58. The zero-order valence-corrected chi connectivity index (χ0v) is 15.9. The molecule has 0 aliphatic rings. The Labute approximate surface area is 152 Å². The number of hydrogen-bond donors (Lipinski definition) is 2. The summed E-state index contributed by atoms with van der Waals surface area (Å²) < 4.78 is 12.0. The highest BCUT2D eigenvalue weighted by atomic mass is 32.2. The summed E-state index contributed by atoms with van der Waals surface area (Å²) in [4.78, 5) is 23.9. The van der Waals surface area contributed by atoms with Crippen molar-refractivity contribution in [2.45, 2.75) is 27.2 Å². The number of aromatic nitrogens is 2. The highest BCUT2D eigenvalue weighted by Gasteiger charge is 2.15. The lowest BCUT2D eigenvalue weighted by Crippen LogP contribution is -2.26. The number of carbonyl (C=O) groups excluding carboxylic acids is 2. The summed E-state index contributed by atoms with van der Waals surface area (Å²) in [5, 5.41) is 14.2.